The molecule has 36 heavy (non-hydrogen) atoms. The fraction of sp³-hybridized carbons (Fsp3) is 0.600. The van der Waals surface area contributed by atoms with Crippen molar-refractivity contribution in [1.82, 2.24) is 24.8 Å². The number of rotatable bonds is 5. The van der Waals surface area contributed by atoms with Crippen LogP contribution in [0.2, 0.25) is 0 Å². The van der Waals surface area contributed by atoms with Crippen LogP contribution < -0.4 is 0 Å². The molecule has 0 bridgehead atoms. The minimum absolute atomic E-state index is 0.505. The van der Waals surface area contributed by atoms with E-state index in [2.05, 4.69) is 45.7 Å². The third-order valence-corrected chi connectivity index (χ3v) is 4.89. The Labute approximate surface area is 202 Å². The smallest absolute Gasteiger partial charge is 0.475 e. The number of aromatic nitrogens is 3. The summed E-state index contributed by atoms with van der Waals surface area (Å²) in [6, 6.07) is 2.54. The van der Waals surface area contributed by atoms with Gasteiger partial charge in [-0.05, 0) is 33.4 Å². The molecule has 0 radical (unpaired) electrons. The number of carbonyl (C=O) groups is 2. The van der Waals surface area contributed by atoms with E-state index in [-0.39, 0.29) is 0 Å². The highest BCUT2D eigenvalue weighted by atomic mass is 19.4. The largest absolute Gasteiger partial charge is 0.490 e. The number of hydrogen-bond donors (Lipinski definition) is 2. The number of carboxylic acids is 2. The molecule has 0 atom stereocenters. The number of aliphatic carboxylic acids is 2. The molecule has 1 aliphatic rings. The number of fused-ring (bicyclic) bond motifs is 1. The summed E-state index contributed by atoms with van der Waals surface area (Å²) in [7, 11) is 2.14. The molecule has 0 saturated heterocycles. The van der Waals surface area contributed by atoms with Crippen LogP contribution in [0.15, 0.2) is 23.0 Å². The van der Waals surface area contributed by atoms with Gasteiger partial charge in [-0.1, -0.05) is 5.21 Å². The molecule has 10 nitrogen and oxygen atoms in total. The molecule has 3 rings (SSSR count). The van der Waals surface area contributed by atoms with E-state index in [4.69, 9.17) is 24.2 Å². The minimum atomic E-state index is -5.08. The van der Waals surface area contributed by atoms with Gasteiger partial charge in [-0.3, -0.25) is 9.80 Å². The van der Waals surface area contributed by atoms with Crippen molar-refractivity contribution < 1.29 is 50.6 Å². The lowest BCUT2D eigenvalue weighted by atomic mass is 10.2. The Morgan fingerprint density at radius 2 is 1.67 bits per heavy atom. The first kappa shape index (κ1) is 30.9. The fourth-order valence-corrected chi connectivity index (χ4v) is 2.77. The predicted octanol–water partition coefficient (Wildman–Crippen LogP) is 3.38. The highest BCUT2D eigenvalue weighted by Gasteiger charge is 2.38. The van der Waals surface area contributed by atoms with Crippen LogP contribution in [-0.2, 0) is 35.8 Å². The second-order valence-corrected chi connectivity index (χ2v) is 8.02. The van der Waals surface area contributed by atoms with Gasteiger partial charge in [0.1, 0.15) is 5.69 Å². The van der Waals surface area contributed by atoms with Crippen LogP contribution in [-0.4, -0.2) is 78.9 Å². The Balaban J connectivity index is 0.000000383. The lowest BCUT2D eigenvalue weighted by Crippen LogP contribution is -2.27. The normalized spacial score (nSPS) is 14.3. The first-order chi connectivity index (χ1) is 16.5. The van der Waals surface area contributed by atoms with Gasteiger partial charge in [0, 0.05) is 44.3 Å². The van der Waals surface area contributed by atoms with Gasteiger partial charge in [0.05, 0.1) is 18.2 Å². The molecule has 0 aliphatic carbocycles. The summed E-state index contributed by atoms with van der Waals surface area (Å²) in [5, 5.41) is 23.0. The van der Waals surface area contributed by atoms with Gasteiger partial charge in [-0.2, -0.15) is 26.3 Å². The van der Waals surface area contributed by atoms with Gasteiger partial charge < -0.3 is 14.6 Å². The van der Waals surface area contributed by atoms with Crippen molar-refractivity contribution >= 4 is 11.9 Å². The van der Waals surface area contributed by atoms with E-state index in [1.807, 2.05) is 12.3 Å². The molecular formula is C20H27F6N5O5. The standard InChI is InChI=1S/C16H25N5O.2C2HF3O2/c1-13(2)19(3)10-15-16-11-20(9-14-5-8-22-12-14)6-4-7-21(16)18-17-15;2*3-2(4,5)1(6)7/h5,8,12-13H,4,6-7,9-11H2,1-3H3;2*(H,6,7). The monoisotopic (exact) mass is 531 g/mol. The van der Waals surface area contributed by atoms with Gasteiger partial charge in [-0.25, -0.2) is 14.3 Å². The van der Waals surface area contributed by atoms with E-state index in [1.165, 1.54) is 11.3 Å². The third-order valence-electron chi connectivity index (χ3n) is 4.89. The van der Waals surface area contributed by atoms with Crippen molar-refractivity contribution in [3.8, 4) is 0 Å². The number of aryl methyl sites for hydroxylation is 1. The van der Waals surface area contributed by atoms with Gasteiger partial charge in [0.25, 0.3) is 0 Å². The summed E-state index contributed by atoms with van der Waals surface area (Å²) < 4.78 is 70.7. The Bertz CT molecular complexity index is 935. The van der Waals surface area contributed by atoms with Crippen molar-refractivity contribution in [1.29, 1.82) is 0 Å². The zero-order chi connectivity index (χ0) is 27.7. The average Bonchev–Trinajstić information content (AvgIpc) is 3.33. The second kappa shape index (κ2) is 13.2. The summed E-state index contributed by atoms with van der Waals surface area (Å²) in [5.41, 5.74) is 3.59. The van der Waals surface area contributed by atoms with Crippen LogP contribution in [0.5, 0.6) is 0 Å². The van der Waals surface area contributed by atoms with E-state index in [0.29, 0.717) is 6.04 Å². The highest BCUT2D eigenvalue weighted by Crippen LogP contribution is 2.19. The first-order valence-electron chi connectivity index (χ1n) is 10.5. The van der Waals surface area contributed by atoms with Crippen molar-refractivity contribution in [3.05, 3.63) is 35.5 Å². The molecule has 3 heterocycles. The Morgan fingerprint density at radius 1 is 1.11 bits per heavy atom. The summed E-state index contributed by atoms with van der Waals surface area (Å²) in [6.07, 6.45) is -5.50. The van der Waals surface area contributed by atoms with E-state index >= 15 is 0 Å². The molecule has 2 aromatic heterocycles. The van der Waals surface area contributed by atoms with Gasteiger partial charge >= 0.3 is 24.3 Å². The van der Waals surface area contributed by atoms with Gasteiger partial charge in [0.15, 0.2) is 0 Å². The Hall–Kier alpha value is -3.14. The van der Waals surface area contributed by atoms with Crippen LogP contribution in [0.4, 0.5) is 26.3 Å². The van der Waals surface area contributed by atoms with Crippen LogP contribution >= 0.6 is 0 Å². The number of halogens is 6. The van der Waals surface area contributed by atoms with Crippen molar-refractivity contribution in [2.24, 2.45) is 0 Å². The van der Waals surface area contributed by atoms with E-state index in [0.717, 1.165) is 44.8 Å². The van der Waals surface area contributed by atoms with Gasteiger partial charge in [0.2, 0.25) is 0 Å². The number of furan rings is 1. The predicted molar refractivity (Wildman–Crippen MR) is 111 cm³/mol. The van der Waals surface area contributed by atoms with Crippen molar-refractivity contribution in [2.75, 3.05) is 13.6 Å². The maximum absolute atomic E-state index is 10.6. The van der Waals surface area contributed by atoms with Crippen LogP contribution in [0.3, 0.4) is 0 Å². The number of nitrogens with zero attached hydrogens (tertiary/aromatic N) is 5. The quantitative estimate of drug-likeness (QED) is 0.559. The molecule has 0 aromatic carbocycles. The van der Waals surface area contributed by atoms with Crippen LogP contribution in [0, 0.1) is 0 Å². The summed E-state index contributed by atoms with van der Waals surface area (Å²) in [5.74, 6) is -5.51. The Morgan fingerprint density at radius 3 is 2.11 bits per heavy atom. The number of alkyl halides is 6. The number of carboxylic acid groups (broad SMARTS) is 2. The van der Waals surface area contributed by atoms with E-state index < -0.39 is 24.3 Å². The zero-order valence-corrected chi connectivity index (χ0v) is 19.7. The lowest BCUT2D eigenvalue weighted by Gasteiger charge is -2.22. The molecule has 0 amide bonds. The highest BCUT2D eigenvalue weighted by molar-refractivity contribution is 5.73. The summed E-state index contributed by atoms with van der Waals surface area (Å²) in [6.45, 7) is 9.11. The SMILES string of the molecule is CC(C)N(C)Cc1nnn2c1CN(Cc1ccoc1)CCC2.O=C(O)C(F)(F)F.O=C(O)C(F)(F)F. The average molecular weight is 531 g/mol. The molecule has 16 heteroatoms. The van der Waals surface area contributed by atoms with Gasteiger partial charge in [-0.15, -0.1) is 5.10 Å². The molecule has 0 unspecified atom stereocenters. The van der Waals surface area contributed by atoms with E-state index in [1.54, 1.807) is 6.26 Å². The van der Waals surface area contributed by atoms with Crippen molar-refractivity contribution in [2.45, 2.75) is 64.8 Å². The maximum atomic E-state index is 10.6. The summed E-state index contributed by atoms with van der Waals surface area (Å²) >= 11 is 0. The van der Waals surface area contributed by atoms with Crippen LogP contribution in [0.25, 0.3) is 0 Å². The summed E-state index contributed by atoms with van der Waals surface area (Å²) in [4.78, 5) is 22.5. The third kappa shape index (κ3) is 10.6. The molecule has 0 spiro atoms. The molecule has 2 aromatic rings. The lowest BCUT2D eigenvalue weighted by molar-refractivity contribution is -0.193. The number of hydrogen-bond acceptors (Lipinski definition) is 7. The molecule has 2 N–H and O–H groups in total. The fourth-order valence-electron chi connectivity index (χ4n) is 2.77. The second-order valence-electron chi connectivity index (χ2n) is 8.02. The molecule has 1 aliphatic heterocycles. The molecular weight excluding hydrogens is 504 g/mol. The first-order valence-corrected chi connectivity index (χ1v) is 10.5. The molecule has 0 saturated carbocycles. The Kier molecular flexibility index (Phi) is 11.4. The van der Waals surface area contributed by atoms with Crippen molar-refractivity contribution in [3.63, 3.8) is 0 Å². The molecule has 0 fully saturated rings. The maximum Gasteiger partial charge on any atom is 0.490 e. The van der Waals surface area contributed by atoms with Crippen LogP contribution in [0.1, 0.15) is 37.2 Å². The zero-order valence-electron chi connectivity index (χ0n) is 19.7. The van der Waals surface area contributed by atoms with E-state index in [9.17, 15) is 26.3 Å². The minimum Gasteiger partial charge on any atom is -0.475 e. The topological polar surface area (TPSA) is 125 Å². The molecule has 204 valence electrons.